The van der Waals surface area contributed by atoms with Crippen molar-refractivity contribution in [3.8, 4) is 0 Å². The number of nitrogens with one attached hydrogen (secondary N) is 1. The lowest BCUT2D eigenvalue weighted by Gasteiger charge is -2.24. The Kier molecular flexibility index (Phi) is 7.13. The molecule has 0 amide bonds. The minimum absolute atomic E-state index is 0.599. The second-order valence-corrected chi connectivity index (χ2v) is 5.60. The zero-order chi connectivity index (χ0) is 13.4. The average Bonchev–Trinajstić information content (AvgIpc) is 2.36. The maximum atomic E-state index is 4.44. The van der Waals surface area contributed by atoms with Crippen molar-refractivity contribution >= 4 is 17.4 Å². The Bertz CT molecular complexity index is 344. The highest BCUT2D eigenvalue weighted by Crippen LogP contribution is 2.12. The molecule has 1 rings (SSSR count). The molecule has 0 aromatic carbocycles. The van der Waals surface area contributed by atoms with Crippen LogP contribution in [0.5, 0.6) is 0 Å². The first-order valence-corrected chi connectivity index (χ1v) is 7.94. The molecule has 1 heterocycles. The highest BCUT2D eigenvalue weighted by atomic mass is 32.2. The molecule has 1 aromatic heterocycles. The van der Waals surface area contributed by atoms with E-state index >= 15 is 0 Å². The van der Waals surface area contributed by atoms with Gasteiger partial charge in [-0.15, -0.1) is 0 Å². The Hall–Kier alpha value is -0.740. The number of anilines is 1. The van der Waals surface area contributed by atoms with Crippen molar-refractivity contribution in [1.82, 2.24) is 9.88 Å². The van der Waals surface area contributed by atoms with Crippen molar-refractivity contribution in [2.24, 2.45) is 0 Å². The van der Waals surface area contributed by atoms with Crippen LogP contribution in [0.25, 0.3) is 0 Å². The van der Waals surface area contributed by atoms with Gasteiger partial charge in [0.15, 0.2) is 0 Å². The van der Waals surface area contributed by atoms with E-state index in [1.807, 2.05) is 24.0 Å². The molecule has 1 atom stereocenters. The first-order chi connectivity index (χ1) is 8.67. The van der Waals surface area contributed by atoms with Crippen molar-refractivity contribution in [2.75, 3.05) is 30.9 Å². The summed E-state index contributed by atoms with van der Waals surface area (Å²) < 4.78 is 0. The number of aromatic nitrogens is 1. The van der Waals surface area contributed by atoms with Crippen molar-refractivity contribution in [2.45, 2.75) is 32.9 Å². The average molecular weight is 267 g/mol. The van der Waals surface area contributed by atoms with Crippen LogP contribution in [0, 0.1) is 0 Å². The monoisotopic (exact) mass is 267 g/mol. The molecular formula is C14H25N3S. The lowest BCUT2D eigenvalue weighted by Crippen LogP contribution is -2.29. The zero-order valence-corrected chi connectivity index (χ0v) is 12.8. The molecule has 0 aliphatic heterocycles. The lowest BCUT2D eigenvalue weighted by atomic mass is 10.2. The molecule has 1 N–H and O–H groups in total. The van der Waals surface area contributed by atoms with Gasteiger partial charge in [0.25, 0.3) is 0 Å². The predicted octanol–water partition coefficient (Wildman–Crippen LogP) is 3.09. The Labute approximate surface area is 115 Å². The van der Waals surface area contributed by atoms with Crippen molar-refractivity contribution in [1.29, 1.82) is 0 Å². The van der Waals surface area contributed by atoms with Crippen LogP contribution in [-0.2, 0) is 6.54 Å². The molecule has 3 nitrogen and oxygen atoms in total. The van der Waals surface area contributed by atoms with Crippen LogP contribution < -0.4 is 5.32 Å². The lowest BCUT2D eigenvalue weighted by molar-refractivity contribution is 0.242. The largest absolute Gasteiger partial charge is 0.385 e. The molecule has 102 valence electrons. The Morgan fingerprint density at radius 2 is 2.28 bits per heavy atom. The molecule has 0 aliphatic rings. The highest BCUT2D eigenvalue weighted by Gasteiger charge is 2.10. The normalized spacial score (nSPS) is 12.7. The van der Waals surface area contributed by atoms with E-state index in [9.17, 15) is 0 Å². The van der Waals surface area contributed by atoms with Crippen molar-refractivity contribution in [3.05, 3.63) is 24.0 Å². The van der Waals surface area contributed by atoms with Gasteiger partial charge < -0.3 is 5.32 Å². The number of thioether (sulfide) groups is 1. The fourth-order valence-electron chi connectivity index (χ4n) is 1.80. The van der Waals surface area contributed by atoms with E-state index in [1.54, 1.807) is 0 Å². The number of hydrogen-bond acceptors (Lipinski definition) is 4. The van der Waals surface area contributed by atoms with Crippen LogP contribution >= 0.6 is 11.8 Å². The standard InChI is InChI=1S/C14H25N3S/c1-5-15-13-6-8-16-14(10-13)11-17(3)12(2)7-9-18-4/h6,8,10,12H,5,7,9,11H2,1-4H3,(H,15,16). The summed E-state index contributed by atoms with van der Waals surface area (Å²) in [5, 5.41) is 3.32. The fraction of sp³-hybridized carbons (Fsp3) is 0.643. The Morgan fingerprint density at radius 1 is 1.50 bits per heavy atom. The molecule has 0 saturated heterocycles. The number of pyridine rings is 1. The quantitative estimate of drug-likeness (QED) is 0.783. The smallest absolute Gasteiger partial charge is 0.0564 e. The van der Waals surface area contributed by atoms with E-state index in [4.69, 9.17) is 0 Å². The summed E-state index contributed by atoms with van der Waals surface area (Å²) in [4.78, 5) is 6.81. The van der Waals surface area contributed by atoms with Crippen molar-refractivity contribution < 1.29 is 0 Å². The van der Waals surface area contributed by atoms with Gasteiger partial charge in [-0.1, -0.05) is 0 Å². The molecule has 1 unspecified atom stereocenters. The molecule has 0 spiro atoms. The minimum Gasteiger partial charge on any atom is -0.385 e. The van der Waals surface area contributed by atoms with Gasteiger partial charge in [0.05, 0.1) is 5.69 Å². The third-order valence-electron chi connectivity index (χ3n) is 3.10. The van der Waals surface area contributed by atoms with Crippen LogP contribution in [0.1, 0.15) is 26.0 Å². The van der Waals surface area contributed by atoms with E-state index < -0.39 is 0 Å². The van der Waals surface area contributed by atoms with E-state index in [-0.39, 0.29) is 0 Å². The molecule has 0 fully saturated rings. The van der Waals surface area contributed by atoms with Gasteiger partial charge in [-0.05, 0) is 51.5 Å². The third kappa shape index (κ3) is 5.27. The predicted molar refractivity (Wildman–Crippen MR) is 82.3 cm³/mol. The Morgan fingerprint density at radius 3 is 2.94 bits per heavy atom. The summed E-state index contributed by atoms with van der Waals surface area (Å²) in [5.74, 6) is 1.22. The number of hydrogen-bond donors (Lipinski definition) is 1. The van der Waals surface area contributed by atoms with Crippen LogP contribution in [0.15, 0.2) is 18.3 Å². The summed E-state index contributed by atoms with van der Waals surface area (Å²) in [5.41, 5.74) is 2.29. The van der Waals surface area contributed by atoms with E-state index in [1.165, 1.54) is 12.2 Å². The zero-order valence-electron chi connectivity index (χ0n) is 11.9. The first kappa shape index (κ1) is 15.3. The van der Waals surface area contributed by atoms with Gasteiger partial charge in [0, 0.05) is 31.0 Å². The molecule has 18 heavy (non-hydrogen) atoms. The Balaban J connectivity index is 2.52. The van der Waals surface area contributed by atoms with Gasteiger partial charge >= 0.3 is 0 Å². The molecule has 0 saturated carbocycles. The molecule has 1 aromatic rings. The summed E-state index contributed by atoms with van der Waals surface area (Å²) in [6, 6.07) is 4.76. The van der Waals surface area contributed by atoms with Crippen LogP contribution in [0.3, 0.4) is 0 Å². The minimum atomic E-state index is 0.599. The molecule has 0 aliphatic carbocycles. The maximum Gasteiger partial charge on any atom is 0.0564 e. The van der Waals surface area contributed by atoms with Crippen molar-refractivity contribution in [3.63, 3.8) is 0 Å². The maximum absolute atomic E-state index is 4.44. The molecular weight excluding hydrogens is 242 g/mol. The third-order valence-corrected chi connectivity index (χ3v) is 3.75. The number of nitrogens with zero attached hydrogens (tertiary/aromatic N) is 2. The summed E-state index contributed by atoms with van der Waals surface area (Å²) in [7, 11) is 2.17. The number of rotatable bonds is 8. The molecule has 0 radical (unpaired) electrons. The van der Waals surface area contributed by atoms with Gasteiger partial charge in [0.1, 0.15) is 0 Å². The van der Waals surface area contributed by atoms with Crippen LogP contribution in [0.2, 0.25) is 0 Å². The highest BCUT2D eigenvalue weighted by molar-refractivity contribution is 7.98. The van der Waals surface area contributed by atoms with E-state index in [0.717, 1.165) is 24.5 Å². The SMILES string of the molecule is CCNc1ccnc(CN(C)C(C)CCSC)c1. The second-order valence-electron chi connectivity index (χ2n) is 4.61. The fourth-order valence-corrected chi connectivity index (χ4v) is 2.38. The van der Waals surface area contributed by atoms with Crippen LogP contribution in [-0.4, -0.2) is 41.5 Å². The molecule has 0 bridgehead atoms. The van der Waals surface area contributed by atoms with Gasteiger partial charge in [-0.3, -0.25) is 9.88 Å². The summed E-state index contributed by atoms with van der Waals surface area (Å²) >= 11 is 1.91. The van der Waals surface area contributed by atoms with E-state index in [0.29, 0.717) is 6.04 Å². The van der Waals surface area contributed by atoms with Gasteiger partial charge in [0.2, 0.25) is 0 Å². The first-order valence-electron chi connectivity index (χ1n) is 6.55. The summed E-state index contributed by atoms with van der Waals surface area (Å²) in [6.45, 7) is 6.25. The van der Waals surface area contributed by atoms with Gasteiger partial charge in [-0.25, -0.2) is 0 Å². The summed E-state index contributed by atoms with van der Waals surface area (Å²) in [6.07, 6.45) is 5.27. The topological polar surface area (TPSA) is 28.2 Å². The second kappa shape index (κ2) is 8.38. The van der Waals surface area contributed by atoms with Crippen LogP contribution in [0.4, 0.5) is 5.69 Å². The van der Waals surface area contributed by atoms with E-state index in [2.05, 4.69) is 48.4 Å². The van der Waals surface area contributed by atoms with Gasteiger partial charge in [-0.2, -0.15) is 11.8 Å². The molecule has 4 heteroatoms.